The molecule has 0 unspecified atom stereocenters. The molecule has 3 fully saturated rings. The molecular formula is C42H54ClN7O7. The van der Waals surface area contributed by atoms with Crippen molar-refractivity contribution in [1.82, 2.24) is 36.1 Å². The molecule has 306 valence electrons. The van der Waals surface area contributed by atoms with Crippen molar-refractivity contribution >= 4 is 57.7 Å². The predicted molar refractivity (Wildman–Crippen MR) is 214 cm³/mol. The zero-order valence-electron chi connectivity index (χ0n) is 33.1. The topological polar surface area (TPSA) is 192 Å². The zero-order valence-corrected chi connectivity index (χ0v) is 33.8. The first kappa shape index (κ1) is 41.6. The van der Waals surface area contributed by atoms with Gasteiger partial charge in [-0.05, 0) is 55.6 Å². The number of rotatable bonds is 15. The van der Waals surface area contributed by atoms with E-state index < -0.39 is 71.0 Å². The molecule has 0 bridgehead atoms. The van der Waals surface area contributed by atoms with Gasteiger partial charge in [-0.3, -0.25) is 28.8 Å². The summed E-state index contributed by atoms with van der Waals surface area (Å²) in [5.41, 5.74) is -0.844. The molecule has 0 radical (unpaired) electrons. The summed E-state index contributed by atoms with van der Waals surface area (Å²) in [5, 5.41) is 13.5. The molecule has 0 spiro atoms. The van der Waals surface area contributed by atoms with E-state index in [0.717, 1.165) is 55.7 Å². The average Bonchev–Trinajstić information content (AvgIpc) is 3.63. The monoisotopic (exact) mass is 803 g/mol. The molecule has 5 atom stereocenters. The molecule has 5 N–H and O–H groups in total. The number of fused-ring (bicyclic) bond motifs is 1. The fourth-order valence-corrected chi connectivity index (χ4v) is 8.10. The third-order valence-electron chi connectivity index (χ3n) is 11.1. The second-order valence-electron chi connectivity index (χ2n) is 16.6. The standard InChI is InChI=1S/C42H54ClN7O7/c1-5-11-30(34(51)39(54)46-25-16-17-25)47-37(52)31-22-26(57-32-19-18-29(43)27-14-9-10-15-28(27)32)23-50(31)41(56)35(42(2,3)4)49-38(53)33(24-12-7-6-8-13-24)48-40(55)36-44-20-21-45-36/h9-10,14-15,18-21,24-26,30-31,33,35H,5-8,11-13,16-17,22-23H2,1-4H3,(H,44,45)(H,46,54)(H,47,52)(H,48,55)(H,49,53)/t26-,30+,31+,33+,35-/m1/s1. The number of nitrogens with one attached hydrogen (secondary N) is 5. The molecule has 57 heavy (non-hydrogen) atoms. The number of amides is 5. The summed E-state index contributed by atoms with van der Waals surface area (Å²) in [6.45, 7) is 7.30. The van der Waals surface area contributed by atoms with Gasteiger partial charge >= 0.3 is 0 Å². The van der Waals surface area contributed by atoms with E-state index in [1.807, 2.05) is 52.0 Å². The molecule has 1 saturated heterocycles. The van der Waals surface area contributed by atoms with Crippen molar-refractivity contribution < 1.29 is 33.5 Å². The van der Waals surface area contributed by atoms with Gasteiger partial charge in [0.05, 0.1) is 12.6 Å². The van der Waals surface area contributed by atoms with Gasteiger partial charge in [-0.15, -0.1) is 0 Å². The van der Waals surface area contributed by atoms with Gasteiger partial charge in [-0.25, -0.2) is 4.98 Å². The van der Waals surface area contributed by atoms with E-state index in [-0.39, 0.29) is 37.2 Å². The second kappa shape index (κ2) is 18.1. The van der Waals surface area contributed by atoms with Gasteiger partial charge < -0.3 is 35.9 Å². The first-order valence-electron chi connectivity index (χ1n) is 20.1. The molecule has 14 nitrogen and oxygen atoms in total. The number of hydrogen-bond donors (Lipinski definition) is 5. The number of halogens is 1. The Bertz CT molecular complexity index is 1950. The summed E-state index contributed by atoms with van der Waals surface area (Å²) in [5.74, 6) is -3.21. The Hall–Kier alpha value is -4.98. The molecule has 2 heterocycles. The Morgan fingerprint density at radius 3 is 2.32 bits per heavy atom. The van der Waals surface area contributed by atoms with E-state index in [2.05, 4.69) is 31.2 Å². The summed E-state index contributed by atoms with van der Waals surface area (Å²) in [7, 11) is 0. The van der Waals surface area contributed by atoms with E-state index >= 15 is 0 Å². The minimum atomic E-state index is -1.13. The van der Waals surface area contributed by atoms with Gasteiger partial charge in [0.25, 0.3) is 11.8 Å². The van der Waals surface area contributed by atoms with Crippen molar-refractivity contribution in [3.8, 4) is 5.75 Å². The van der Waals surface area contributed by atoms with Gasteiger partial charge in [0.15, 0.2) is 5.82 Å². The van der Waals surface area contributed by atoms with Crippen LogP contribution in [0.4, 0.5) is 0 Å². The zero-order chi connectivity index (χ0) is 40.9. The average molecular weight is 804 g/mol. The Labute approximate surface area is 338 Å². The van der Waals surface area contributed by atoms with E-state index in [1.54, 1.807) is 12.1 Å². The number of likely N-dealkylation sites (tertiary alicyclic amines) is 1. The van der Waals surface area contributed by atoms with Crippen LogP contribution in [0.25, 0.3) is 10.8 Å². The Morgan fingerprint density at radius 1 is 0.947 bits per heavy atom. The normalized spacial score (nSPS) is 20.3. The highest BCUT2D eigenvalue weighted by molar-refractivity contribution is 6.38. The van der Waals surface area contributed by atoms with Crippen LogP contribution in [-0.2, 0) is 24.0 Å². The summed E-state index contributed by atoms with van der Waals surface area (Å²) in [4.78, 5) is 91.1. The quantitative estimate of drug-likeness (QED) is 0.138. The number of H-pyrrole nitrogens is 1. The summed E-state index contributed by atoms with van der Waals surface area (Å²) in [6.07, 6.45) is 9.06. The molecule has 3 aromatic rings. The fourth-order valence-electron chi connectivity index (χ4n) is 7.87. The smallest absolute Gasteiger partial charge is 0.289 e. The number of hydrogen-bond acceptors (Lipinski definition) is 8. The van der Waals surface area contributed by atoms with Crippen LogP contribution >= 0.6 is 11.6 Å². The van der Waals surface area contributed by atoms with Crippen molar-refractivity contribution in [2.75, 3.05) is 6.54 Å². The van der Waals surface area contributed by atoms with Gasteiger partial charge in [0.2, 0.25) is 23.5 Å². The third-order valence-corrected chi connectivity index (χ3v) is 11.5. The van der Waals surface area contributed by atoms with Crippen LogP contribution < -0.4 is 26.0 Å². The number of ether oxygens (including phenoxy) is 1. The third kappa shape index (κ3) is 10.1. The largest absolute Gasteiger partial charge is 0.488 e. The van der Waals surface area contributed by atoms with Crippen LogP contribution in [-0.4, -0.2) is 93.0 Å². The molecule has 1 aliphatic heterocycles. The van der Waals surface area contributed by atoms with Crippen molar-refractivity contribution in [2.45, 2.75) is 128 Å². The van der Waals surface area contributed by atoms with Gasteiger partial charge in [0.1, 0.15) is 30.0 Å². The highest BCUT2D eigenvalue weighted by atomic mass is 35.5. The molecular weight excluding hydrogens is 750 g/mol. The van der Waals surface area contributed by atoms with Gasteiger partial charge in [-0.1, -0.05) is 89.2 Å². The SMILES string of the molecule is CCC[C@H](NC(=O)[C@@H]1C[C@@H](Oc2ccc(Cl)c3ccccc23)CN1C(=O)[C@@H](NC(=O)[C@@H](NC(=O)c1ncc[nH]1)C1CCCCC1)C(C)(C)C)C(=O)C(=O)NC1CC1. The number of Topliss-reactive ketones (excluding diaryl/α,β-unsaturated/α-hetero) is 1. The van der Waals surface area contributed by atoms with Crippen LogP contribution in [0.2, 0.25) is 5.02 Å². The summed E-state index contributed by atoms with van der Waals surface area (Å²) in [6, 6.07) is 6.68. The predicted octanol–water partition coefficient (Wildman–Crippen LogP) is 4.61. The van der Waals surface area contributed by atoms with E-state index in [1.165, 1.54) is 17.3 Å². The maximum Gasteiger partial charge on any atom is 0.289 e. The van der Waals surface area contributed by atoms with Crippen LogP contribution in [0.5, 0.6) is 5.75 Å². The maximum atomic E-state index is 14.9. The lowest BCUT2D eigenvalue weighted by atomic mass is 9.82. The highest BCUT2D eigenvalue weighted by Gasteiger charge is 2.47. The lowest BCUT2D eigenvalue weighted by Crippen LogP contribution is -2.62. The molecule has 2 saturated carbocycles. The minimum Gasteiger partial charge on any atom is -0.488 e. The maximum absolute atomic E-state index is 14.9. The number of carbonyl (C=O) groups is 6. The number of carbonyl (C=O) groups excluding carboxylic acids is 6. The summed E-state index contributed by atoms with van der Waals surface area (Å²) < 4.78 is 6.53. The number of imidazole rings is 1. The van der Waals surface area contributed by atoms with Crippen molar-refractivity contribution in [1.29, 1.82) is 0 Å². The number of benzene rings is 2. The van der Waals surface area contributed by atoms with E-state index in [4.69, 9.17) is 16.3 Å². The molecule has 1 aromatic heterocycles. The van der Waals surface area contributed by atoms with E-state index in [9.17, 15) is 28.8 Å². The molecule has 2 aliphatic carbocycles. The number of aromatic nitrogens is 2. The van der Waals surface area contributed by atoms with Crippen molar-refractivity contribution in [3.63, 3.8) is 0 Å². The molecule has 5 amide bonds. The molecule has 6 rings (SSSR count). The van der Waals surface area contributed by atoms with Crippen molar-refractivity contribution in [3.05, 3.63) is 59.6 Å². The van der Waals surface area contributed by atoms with Crippen LogP contribution in [0.1, 0.15) is 103 Å². The summed E-state index contributed by atoms with van der Waals surface area (Å²) >= 11 is 6.49. The van der Waals surface area contributed by atoms with Gasteiger partial charge in [0, 0.05) is 40.7 Å². The first-order chi connectivity index (χ1) is 27.2. The Morgan fingerprint density at radius 2 is 1.67 bits per heavy atom. The van der Waals surface area contributed by atoms with Crippen LogP contribution in [0, 0.1) is 11.3 Å². The minimum absolute atomic E-state index is 0.00777. The number of ketones is 1. The Balaban J connectivity index is 1.28. The molecule has 2 aromatic carbocycles. The molecule has 3 aliphatic rings. The number of nitrogens with zero attached hydrogens (tertiary/aromatic N) is 2. The lowest BCUT2D eigenvalue weighted by Gasteiger charge is -2.37. The van der Waals surface area contributed by atoms with Crippen molar-refractivity contribution in [2.24, 2.45) is 11.3 Å². The molecule has 15 heteroatoms. The van der Waals surface area contributed by atoms with Crippen LogP contribution in [0.3, 0.4) is 0 Å². The first-order valence-corrected chi connectivity index (χ1v) is 20.5. The van der Waals surface area contributed by atoms with Crippen LogP contribution in [0.15, 0.2) is 48.8 Å². The fraction of sp³-hybridized carbons (Fsp3) is 0.548. The van der Waals surface area contributed by atoms with Gasteiger partial charge in [-0.2, -0.15) is 0 Å². The second-order valence-corrected chi connectivity index (χ2v) is 17.0. The highest BCUT2D eigenvalue weighted by Crippen LogP contribution is 2.35. The Kier molecular flexibility index (Phi) is 13.2. The van der Waals surface area contributed by atoms with E-state index in [0.29, 0.717) is 17.2 Å². The lowest BCUT2D eigenvalue weighted by molar-refractivity contribution is -0.145. The number of aromatic amines is 1.